The highest BCUT2D eigenvalue weighted by atomic mass is 16.5. The first kappa shape index (κ1) is 14.4. The van der Waals surface area contributed by atoms with Gasteiger partial charge in [0.25, 0.3) is 0 Å². The van der Waals surface area contributed by atoms with Crippen molar-refractivity contribution in [3.63, 3.8) is 0 Å². The van der Waals surface area contributed by atoms with Crippen LogP contribution in [0.4, 0.5) is 0 Å². The summed E-state index contributed by atoms with van der Waals surface area (Å²) in [6.45, 7) is 5.93. The van der Waals surface area contributed by atoms with E-state index in [1.54, 1.807) is 32.9 Å². The van der Waals surface area contributed by atoms with Crippen LogP contribution in [0.1, 0.15) is 27.2 Å². The van der Waals surface area contributed by atoms with Crippen molar-refractivity contribution in [1.82, 2.24) is 0 Å². The molecule has 4 nitrogen and oxygen atoms in total. The van der Waals surface area contributed by atoms with Crippen LogP contribution in [0, 0.1) is 0 Å². The minimum atomic E-state index is -0.401. The lowest BCUT2D eigenvalue weighted by atomic mass is 10.2. The monoisotopic (exact) mass is 226 g/mol. The third kappa shape index (κ3) is 6.01. The Morgan fingerprint density at radius 1 is 1.12 bits per heavy atom. The van der Waals surface area contributed by atoms with Crippen molar-refractivity contribution in [2.75, 3.05) is 13.2 Å². The molecule has 0 amide bonds. The van der Waals surface area contributed by atoms with E-state index in [1.807, 2.05) is 0 Å². The van der Waals surface area contributed by atoms with Crippen LogP contribution in [-0.4, -0.2) is 25.2 Å². The Bertz CT molecular complexity index is 289. The average molecular weight is 226 g/mol. The summed E-state index contributed by atoms with van der Waals surface area (Å²) in [6.07, 6.45) is 4.94. The van der Waals surface area contributed by atoms with Crippen LogP contribution in [0.3, 0.4) is 0 Å². The second-order valence-corrected chi connectivity index (χ2v) is 2.89. The van der Waals surface area contributed by atoms with Gasteiger partial charge in [0.1, 0.15) is 0 Å². The molecule has 0 aromatic heterocycles. The fraction of sp³-hybridized carbons (Fsp3) is 0.500. The lowest BCUT2D eigenvalue weighted by Gasteiger charge is -2.03. The average Bonchev–Trinajstić information content (AvgIpc) is 2.25. The number of esters is 2. The Morgan fingerprint density at radius 3 is 2.25 bits per heavy atom. The van der Waals surface area contributed by atoms with Gasteiger partial charge in [0.05, 0.1) is 13.2 Å². The molecule has 0 aliphatic heterocycles. The summed E-state index contributed by atoms with van der Waals surface area (Å²) >= 11 is 0. The minimum absolute atomic E-state index is 0.345. The highest BCUT2D eigenvalue weighted by Crippen LogP contribution is 2.05. The van der Waals surface area contributed by atoms with Gasteiger partial charge in [-0.15, -0.1) is 0 Å². The van der Waals surface area contributed by atoms with Crippen LogP contribution < -0.4 is 0 Å². The molecule has 0 aromatic carbocycles. The number of rotatable bonds is 6. The Hall–Kier alpha value is -1.58. The van der Waals surface area contributed by atoms with E-state index in [0.29, 0.717) is 25.2 Å². The molecule has 4 heteroatoms. The molecule has 0 rings (SSSR count). The first-order chi connectivity index (χ1) is 7.65. The van der Waals surface area contributed by atoms with Crippen LogP contribution in [0.2, 0.25) is 0 Å². The smallest absolute Gasteiger partial charge is 0.333 e. The highest BCUT2D eigenvalue weighted by molar-refractivity contribution is 5.89. The molecule has 0 bridgehead atoms. The number of carbonyl (C=O) groups excluding carboxylic acids is 2. The second kappa shape index (κ2) is 8.71. The Morgan fingerprint density at radius 2 is 1.75 bits per heavy atom. The molecule has 0 atom stereocenters. The van der Waals surface area contributed by atoms with Crippen molar-refractivity contribution in [2.45, 2.75) is 27.2 Å². The van der Waals surface area contributed by atoms with Gasteiger partial charge in [-0.05, 0) is 27.2 Å². The van der Waals surface area contributed by atoms with E-state index in [0.717, 1.165) is 0 Å². The minimum Gasteiger partial charge on any atom is -0.463 e. The Labute approximate surface area is 95.9 Å². The molecule has 0 saturated heterocycles. The number of hydrogen-bond acceptors (Lipinski definition) is 4. The molecule has 0 radical (unpaired) electrons. The summed E-state index contributed by atoms with van der Waals surface area (Å²) in [5, 5.41) is 0. The molecule has 0 N–H and O–H groups in total. The zero-order valence-electron chi connectivity index (χ0n) is 9.99. The van der Waals surface area contributed by atoms with Crippen LogP contribution in [0.15, 0.2) is 23.8 Å². The van der Waals surface area contributed by atoms with Crippen molar-refractivity contribution in [3.05, 3.63) is 23.8 Å². The molecule has 0 fully saturated rings. The summed E-state index contributed by atoms with van der Waals surface area (Å²) in [5.74, 6) is -0.750. The van der Waals surface area contributed by atoms with E-state index in [1.165, 1.54) is 6.08 Å². The summed E-state index contributed by atoms with van der Waals surface area (Å²) in [5.41, 5.74) is 0.530. The van der Waals surface area contributed by atoms with Crippen LogP contribution in [0.25, 0.3) is 0 Å². The maximum atomic E-state index is 11.3. The fourth-order valence-corrected chi connectivity index (χ4v) is 1.02. The van der Waals surface area contributed by atoms with Crippen molar-refractivity contribution in [3.8, 4) is 0 Å². The van der Waals surface area contributed by atoms with Gasteiger partial charge in [0, 0.05) is 11.6 Å². The molecule has 0 aliphatic carbocycles. The molecule has 0 unspecified atom stereocenters. The van der Waals surface area contributed by atoms with E-state index in [4.69, 9.17) is 9.47 Å². The highest BCUT2D eigenvalue weighted by Gasteiger charge is 2.07. The van der Waals surface area contributed by atoms with Crippen LogP contribution >= 0.6 is 0 Å². The SMILES string of the molecule is C/C=C(\C/C=C/C(=O)OCC)C(=O)OCC. The van der Waals surface area contributed by atoms with Gasteiger partial charge in [-0.3, -0.25) is 0 Å². The Kier molecular flexibility index (Phi) is 7.85. The number of allylic oxidation sites excluding steroid dienone is 2. The van der Waals surface area contributed by atoms with Gasteiger partial charge in [0.15, 0.2) is 0 Å². The fourth-order valence-electron chi connectivity index (χ4n) is 1.02. The quantitative estimate of drug-likeness (QED) is 0.513. The Balaban J connectivity index is 4.16. The van der Waals surface area contributed by atoms with Gasteiger partial charge >= 0.3 is 11.9 Å². The lowest BCUT2D eigenvalue weighted by Crippen LogP contribution is -2.07. The molecule has 0 aromatic rings. The maximum Gasteiger partial charge on any atom is 0.333 e. The number of carbonyl (C=O) groups is 2. The summed E-state index contributed by atoms with van der Waals surface area (Å²) < 4.78 is 9.55. The van der Waals surface area contributed by atoms with Crippen molar-refractivity contribution < 1.29 is 19.1 Å². The predicted molar refractivity (Wildman–Crippen MR) is 60.8 cm³/mol. The van der Waals surface area contributed by atoms with E-state index >= 15 is 0 Å². The topological polar surface area (TPSA) is 52.6 Å². The zero-order chi connectivity index (χ0) is 12.4. The largest absolute Gasteiger partial charge is 0.463 e. The number of ether oxygens (including phenoxy) is 2. The lowest BCUT2D eigenvalue weighted by molar-refractivity contribution is -0.139. The van der Waals surface area contributed by atoms with Gasteiger partial charge in [-0.25, -0.2) is 9.59 Å². The summed E-state index contributed by atoms with van der Waals surface area (Å²) in [4.78, 5) is 22.3. The van der Waals surface area contributed by atoms with E-state index in [2.05, 4.69) is 0 Å². The molecule has 0 heterocycles. The molecule has 0 aliphatic rings. The van der Waals surface area contributed by atoms with Crippen molar-refractivity contribution in [1.29, 1.82) is 0 Å². The maximum absolute atomic E-state index is 11.3. The van der Waals surface area contributed by atoms with Crippen LogP contribution in [-0.2, 0) is 19.1 Å². The standard InChI is InChI=1S/C12H18O4/c1-4-10(12(14)16-6-3)8-7-9-11(13)15-5-2/h4,7,9H,5-6,8H2,1-3H3/b9-7+,10-4+. The summed E-state index contributed by atoms with van der Waals surface area (Å²) in [6, 6.07) is 0. The summed E-state index contributed by atoms with van der Waals surface area (Å²) in [7, 11) is 0. The number of hydrogen-bond donors (Lipinski definition) is 0. The normalized spacial score (nSPS) is 11.6. The second-order valence-electron chi connectivity index (χ2n) is 2.89. The third-order valence-electron chi connectivity index (χ3n) is 1.76. The van der Waals surface area contributed by atoms with Crippen molar-refractivity contribution >= 4 is 11.9 Å². The first-order valence-electron chi connectivity index (χ1n) is 5.31. The third-order valence-corrected chi connectivity index (χ3v) is 1.76. The zero-order valence-corrected chi connectivity index (χ0v) is 9.99. The van der Waals surface area contributed by atoms with Crippen LogP contribution in [0.5, 0.6) is 0 Å². The van der Waals surface area contributed by atoms with Gasteiger partial charge in [0.2, 0.25) is 0 Å². The molecule has 16 heavy (non-hydrogen) atoms. The van der Waals surface area contributed by atoms with E-state index in [-0.39, 0.29) is 5.97 Å². The van der Waals surface area contributed by atoms with Crippen molar-refractivity contribution in [2.24, 2.45) is 0 Å². The molecular weight excluding hydrogens is 208 g/mol. The van der Waals surface area contributed by atoms with Gasteiger partial charge in [-0.1, -0.05) is 12.2 Å². The molecular formula is C12H18O4. The van der Waals surface area contributed by atoms with E-state index < -0.39 is 5.97 Å². The molecule has 0 spiro atoms. The first-order valence-corrected chi connectivity index (χ1v) is 5.31. The molecule has 90 valence electrons. The van der Waals surface area contributed by atoms with Gasteiger partial charge in [-0.2, -0.15) is 0 Å². The van der Waals surface area contributed by atoms with E-state index in [9.17, 15) is 9.59 Å². The predicted octanol–water partition coefficient (Wildman–Crippen LogP) is 2.01. The van der Waals surface area contributed by atoms with Gasteiger partial charge < -0.3 is 9.47 Å². The molecule has 0 saturated carbocycles.